The molecule has 0 spiro atoms. The summed E-state index contributed by atoms with van der Waals surface area (Å²) in [5, 5.41) is 0.596. The molecule has 0 aliphatic carbocycles. The van der Waals surface area contributed by atoms with Gasteiger partial charge in [-0.15, -0.1) is 0 Å². The number of hydrogen-bond acceptors (Lipinski definition) is 7. The lowest BCUT2D eigenvalue weighted by Crippen LogP contribution is -2.28. The first-order chi connectivity index (χ1) is 23.9. The summed E-state index contributed by atoms with van der Waals surface area (Å²) in [5.74, 6) is 2.34. The molecule has 248 valence electrons. The van der Waals surface area contributed by atoms with Gasteiger partial charge in [-0.2, -0.15) is 0 Å². The van der Waals surface area contributed by atoms with Crippen LogP contribution in [0.15, 0.2) is 125 Å². The smallest absolute Gasteiger partial charge is 0.271 e. The van der Waals surface area contributed by atoms with Crippen molar-refractivity contribution in [3.05, 3.63) is 148 Å². The molecule has 49 heavy (non-hydrogen) atoms. The Bertz CT molecular complexity index is 1970. The predicted molar refractivity (Wildman–Crippen MR) is 198 cm³/mol. The van der Waals surface area contributed by atoms with Gasteiger partial charge in [-0.05, 0) is 104 Å². The summed E-state index contributed by atoms with van der Waals surface area (Å²) in [7, 11) is 1.60. The van der Waals surface area contributed by atoms with Gasteiger partial charge in [-0.3, -0.25) is 9.69 Å². The molecule has 0 atom stereocenters. The summed E-state index contributed by atoms with van der Waals surface area (Å²) in [6.45, 7) is 7.27. The molecule has 0 radical (unpaired) electrons. The van der Waals surface area contributed by atoms with Crippen molar-refractivity contribution in [3.8, 4) is 23.0 Å². The highest BCUT2D eigenvalue weighted by molar-refractivity contribution is 8.19. The topological polar surface area (TPSA) is 69.6 Å². The quantitative estimate of drug-likeness (QED) is 0.123. The van der Waals surface area contributed by atoms with Crippen molar-refractivity contribution in [3.63, 3.8) is 0 Å². The van der Waals surface area contributed by atoms with E-state index < -0.39 is 0 Å². The van der Waals surface area contributed by atoms with Crippen LogP contribution in [-0.4, -0.2) is 24.8 Å². The Morgan fingerprint density at radius 2 is 1.35 bits per heavy atom. The Kier molecular flexibility index (Phi) is 10.7. The SMILES string of the molecule is CCOc1cc(COc2ccc(/C=C3/SC(=Nc4ccc(C)cc4)N(c4ccc(C)cc4)C3=O)cc2OC)ccc1OCc1ccccc1. The van der Waals surface area contributed by atoms with Crippen LogP contribution in [0.25, 0.3) is 6.08 Å². The van der Waals surface area contributed by atoms with Crippen molar-refractivity contribution >= 4 is 40.3 Å². The van der Waals surface area contributed by atoms with Crippen LogP contribution in [0.5, 0.6) is 23.0 Å². The van der Waals surface area contributed by atoms with Crippen molar-refractivity contribution in [2.45, 2.75) is 34.0 Å². The van der Waals surface area contributed by atoms with Gasteiger partial charge in [-0.1, -0.05) is 77.9 Å². The second-order valence-electron chi connectivity index (χ2n) is 11.5. The zero-order valence-corrected chi connectivity index (χ0v) is 28.8. The maximum Gasteiger partial charge on any atom is 0.271 e. The largest absolute Gasteiger partial charge is 0.493 e. The first-order valence-corrected chi connectivity index (χ1v) is 16.9. The number of methoxy groups -OCH3 is 1. The number of amidine groups is 1. The van der Waals surface area contributed by atoms with Gasteiger partial charge in [0.2, 0.25) is 0 Å². The van der Waals surface area contributed by atoms with Crippen LogP contribution in [0.3, 0.4) is 0 Å². The molecule has 0 aromatic heterocycles. The number of carbonyl (C=O) groups excluding carboxylic acids is 1. The molecule has 1 saturated heterocycles. The molecule has 7 nitrogen and oxygen atoms in total. The molecule has 1 fully saturated rings. The lowest BCUT2D eigenvalue weighted by Gasteiger charge is -2.16. The summed E-state index contributed by atoms with van der Waals surface area (Å²) in [4.78, 5) is 20.9. The van der Waals surface area contributed by atoms with Gasteiger partial charge in [0.15, 0.2) is 28.2 Å². The van der Waals surface area contributed by atoms with Gasteiger partial charge in [0, 0.05) is 0 Å². The van der Waals surface area contributed by atoms with E-state index in [4.69, 9.17) is 23.9 Å². The molecular weight excluding hydrogens is 633 g/mol. The van der Waals surface area contributed by atoms with Crippen LogP contribution >= 0.6 is 11.8 Å². The van der Waals surface area contributed by atoms with Crippen molar-refractivity contribution in [1.82, 2.24) is 0 Å². The number of thioether (sulfide) groups is 1. The Morgan fingerprint density at radius 3 is 2.04 bits per heavy atom. The Labute approximate surface area is 291 Å². The third kappa shape index (κ3) is 8.34. The van der Waals surface area contributed by atoms with E-state index in [2.05, 4.69) is 0 Å². The fraction of sp³-hybridized carbons (Fsp3) is 0.171. The number of aliphatic imine (C=N–C) groups is 1. The molecule has 0 saturated carbocycles. The van der Waals surface area contributed by atoms with Crippen LogP contribution in [0.1, 0.15) is 34.7 Å². The highest BCUT2D eigenvalue weighted by atomic mass is 32.2. The Hall–Kier alpha value is -5.47. The van der Waals surface area contributed by atoms with Crippen molar-refractivity contribution in [1.29, 1.82) is 0 Å². The number of hydrogen-bond donors (Lipinski definition) is 0. The van der Waals surface area contributed by atoms with E-state index in [0.717, 1.165) is 39.2 Å². The first kappa shape index (κ1) is 33.4. The van der Waals surface area contributed by atoms with Gasteiger partial charge in [0.25, 0.3) is 5.91 Å². The Balaban J connectivity index is 1.19. The molecule has 1 heterocycles. The second kappa shape index (κ2) is 15.6. The molecular formula is C41H38N2O5S. The van der Waals surface area contributed by atoms with Gasteiger partial charge >= 0.3 is 0 Å². The minimum Gasteiger partial charge on any atom is -0.493 e. The van der Waals surface area contributed by atoms with E-state index in [0.29, 0.717) is 52.9 Å². The minimum absolute atomic E-state index is 0.139. The number of nitrogens with zero attached hydrogens (tertiary/aromatic N) is 2. The number of carbonyl (C=O) groups is 1. The summed E-state index contributed by atoms with van der Waals surface area (Å²) < 4.78 is 23.8. The van der Waals surface area contributed by atoms with E-state index in [1.54, 1.807) is 12.0 Å². The van der Waals surface area contributed by atoms with E-state index in [1.807, 2.05) is 142 Å². The maximum atomic E-state index is 13.8. The summed E-state index contributed by atoms with van der Waals surface area (Å²) >= 11 is 1.35. The first-order valence-electron chi connectivity index (χ1n) is 16.1. The van der Waals surface area contributed by atoms with Crippen LogP contribution in [0.2, 0.25) is 0 Å². The zero-order chi connectivity index (χ0) is 34.2. The van der Waals surface area contributed by atoms with Crippen LogP contribution in [-0.2, 0) is 18.0 Å². The minimum atomic E-state index is -0.139. The third-order valence-corrected chi connectivity index (χ3v) is 8.75. The predicted octanol–water partition coefficient (Wildman–Crippen LogP) is 9.68. The van der Waals surface area contributed by atoms with E-state index in [9.17, 15) is 4.79 Å². The molecule has 0 N–H and O–H groups in total. The number of rotatable bonds is 12. The molecule has 1 aliphatic heterocycles. The zero-order valence-electron chi connectivity index (χ0n) is 28.0. The van der Waals surface area contributed by atoms with Gasteiger partial charge in [0.1, 0.15) is 13.2 Å². The number of amides is 1. The molecule has 1 aliphatic rings. The van der Waals surface area contributed by atoms with E-state index >= 15 is 0 Å². The standard InChI is InChI=1S/C41H38N2O5S/c1-5-46-38-24-32(16-22-36(38)47-26-30-9-7-6-8-10-30)27-48-35-21-15-31(23-37(35)45-4)25-39-40(44)43(34-19-13-29(3)14-20-34)41(49-39)42-33-17-11-28(2)12-18-33/h6-25H,5,26-27H2,1-4H3/b39-25+,42-41?. The van der Waals surface area contributed by atoms with Crippen molar-refractivity contribution in [2.75, 3.05) is 18.6 Å². The average Bonchev–Trinajstić information content (AvgIpc) is 3.42. The molecule has 0 unspecified atom stereocenters. The molecule has 6 rings (SSSR count). The summed E-state index contributed by atoms with van der Waals surface area (Å²) in [6.07, 6.45) is 1.86. The third-order valence-electron chi connectivity index (χ3n) is 7.78. The fourth-order valence-corrected chi connectivity index (χ4v) is 6.17. The number of anilines is 1. The average molecular weight is 671 g/mol. The molecule has 5 aromatic carbocycles. The van der Waals surface area contributed by atoms with E-state index in [1.165, 1.54) is 11.8 Å². The molecule has 0 bridgehead atoms. The highest BCUT2D eigenvalue weighted by Crippen LogP contribution is 2.39. The van der Waals surface area contributed by atoms with Crippen LogP contribution in [0, 0.1) is 13.8 Å². The van der Waals surface area contributed by atoms with Gasteiger partial charge < -0.3 is 18.9 Å². The maximum absolute atomic E-state index is 13.8. The van der Waals surface area contributed by atoms with Gasteiger partial charge in [0.05, 0.1) is 30.0 Å². The molecule has 5 aromatic rings. The summed E-state index contributed by atoms with van der Waals surface area (Å²) in [5.41, 5.74) is 6.62. The number of ether oxygens (including phenoxy) is 4. The Morgan fingerprint density at radius 1 is 0.694 bits per heavy atom. The lowest BCUT2D eigenvalue weighted by molar-refractivity contribution is -0.113. The normalized spacial score (nSPS) is 14.4. The number of aryl methyl sites for hydroxylation is 2. The van der Waals surface area contributed by atoms with Gasteiger partial charge in [-0.25, -0.2) is 4.99 Å². The number of benzene rings is 5. The van der Waals surface area contributed by atoms with Crippen LogP contribution in [0.4, 0.5) is 11.4 Å². The molecule has 8 heteroatoms. The second-order valence-corrected chi connectivity index (χ2v) is 12.5. The highest BCUT2D eigenvalue weighted by Gasteiger charge is 2.34. The fourth-order valence-electron chi connectivity index (χ4n) is 5.17. The van der Waals surface area contributed by atoms with Crippen molar-refractivity contribution < 1.29 is 23.7 Å². The monoisotopic (exact) mass is 670 g/mol. The summed E-state index contributed by atoms with van der Waals surface area (Å²) in [6, 6.07) is 37.3. The van der Waals surface area contributed by atoms with Crippen LogP contribution < -0.4 is 23.8 Å². The molecule has 1 amide bonds. The lowest BCUT2D eigenvalue weighted by atomic mass is 10.1. The van der Waals surface area contributed by atoms with E-state index in [-0.39, 0.29) is 5.91 Å². The van der Waals surface area contributed by atoms with Crippen molar-refractivity contribution in [2.24, 2.45) is 4.99 Å².